The Balaban J connectivity index is 2.19. The van der Waals surface area contributed by atoms with Gasteiger partial charge >= 0.3 is 5.69 Å². The number of aromatic nitrogens is 2. The van der Waals surface area contributed by atoms with Crippen molar-refractivity contribution in [3.05, 3.63) is 21.2 Å². The largest absolute Gasteiger partial charge is 0.377 e. The maximum atomic E-state index is 11.7. The molecular formula is C10H12ClN3O2. The van der Waals surface area contributed by atoms with Crippen molar-refractivity contribution in [3.63, 3.8) is 0 Å². The molecule has 1 aromatic rings. The van der Waals surface area contributed by atoms with Crippen molar-refractivity contribution in [2.24, 2.45) is 0 Å². The molecule has 0 amide bonds. The topological polar surface area (TPSA) is 47.4 Å². The van der Waals surface area contributed by atoms with E-state index in [-0.39, 0.29) is 11.7 Å². The van der Waals surface area contributed by atoms with E-state index < -0.39 is 0 Å². The first kappa shape index (κ1) is 10.1. The van der Waals surface area contributed by atoms with Crippen molar-refractivity contribution in [1.29, 1.82) is 0 Å². The average Bonchev–Trinajstić information content (AvgIpc) is 2.66. The van der Waals surface area contributed by atoms with Gasteiger partial charge in [-0.25, -0.2) is 4.79 Å². The lowest BCUT2D eigenvalue weighted by Gasteiger charge is -2.31. The van der Waals surface area contributed by atoms with E-state index in [9.17, 15) is 4.79 Å². The third kappa shape index (κ3) is 1.28. The number of anilines is 1. The second kappa shape index (κ2) is 3.46. The summed E-state index contributed by atoms with van der Waals surface area (Å²) in [6, 6.07) is 0.250. The normalized spacial score (nSPS) is 23.1. The third-order valence-corrected chi connectivity index (χ3v) is 3.59. The van der Waals surface area contributed by atoms with Crippen LogP contribution in [0, 0.1) is 6.92 Å². The van der Waals surface area contributed by atoms with Crippen molar-refractivity contribution in [2.75, 3.05) is 24.7 Å². The van der Waals surface area contributed by atoms with Crippen LogP contribution < -0.4 is 10.6 Å². The number of hydrogen-bond donors (Lipinski definition) is 0. The Bertz CT molecular complexity index is 500. The van der Waals surface area contributed by atoms with Gasteiger partial charge in [-0.15, -0.1) is 0 Å². The van der Waals surface area contributed by atoms with Crippen LogP contribution in [0.1, 0.15) is 5.56 Å². The van der Waals surface area contributed by atoms with Crippen LogP contribution in [0.2, 0.25) is 5.15 Å². The van der Waals surface area contributed by atoms with E-state index in [0.29, 0.717) is 24.9 Å². The van der Waals surface area contributed by atoms with Gasteiger partial charge in [-0.05, 0) is 6.92 Å². The zero-order chi connectivity index (χ0) is 11.3. The minimum absolute atomic E-state index is 0.250. The van der Waals surface area contributed by atoms with E-state index in [2.05, 4.69) is 9.88 Å². The Hall–Kier alpha value is -1.07. The van der Waals surface area contributed by atoms with Gasteiger partial charge in [-0.1, -0.05) is 11.6 Å². The van der Waals surface area contributed by atoms with Crippen LogP contribution in [0.15, 0.2) is 4.79 Å². The maximum Gasteiger partial charge on any atom is 0.350 e. The highest BCUT2D eigenvalue weighted by Crippen LogP contribution is 2.31. The van der Waals surface area contributed by atoms with Gasteiger partial charge in [0.05, 0.1) is 25.8 Å². The summed E-state index contributed by atoms with van der Waals surface area (Å²) >= 11 is 5.95. The molecule has 16 heavy (non-hydrogen) atoms. The molecule has 0 aliphatic carbocycles. The molecule has 0 radical (unpaired) electrons. The number of morpholine rings is 1. The van der Waals surface area contributed by atoms with Crippen LogP contribution in [0.5, 0.6) is 0 Å². The lowest BCUT2D eigenvalue weighted by atomic mass is 10.2. The molecule has 1 fully saturated rings. The molecule has 0 spiro atoms. The number of rotatable bonds is 0. The van der Waals surface area contributed by atoms with Crippen molar-refractivity contribution in [2.45, 2.75) is 19.5 Å². The van der Waals surface area contributed by atoms with E-state index in [1.165, 1.54) is 0 Å². The third-order valence-electron chi connectivity index (χ3n) is 3.22. The Morgan fingerprint density at radius 2 is 2.38 bits per heavy atom. The Morgan fingerprint density at radius 1 is 1.56 bits per heavy atom. The molecule has 2 aliphatic rings. The molecule has 1 unspecified atom stereocenters. The van der Waals surface area contributed by atoms with E-state index in [1.807, 2.05) is 6.92 Å². The SMILES string of the molecule is Cc1c(Cl)nc(=O)n2c1N1CCOCC1C2. The van der Waals surface area contributed by atoms with Gasteiger partial charge in [0.1, 0.15) is 11.0 Å². The fourth-order valence-electron chi connectivity index (χ4n) is 2.44. The molecule has 0 N–H and O–H groups in total. The number of halogens is 1. The summed E-state index contributed by atoms with van der Waals surface area (Å²) in [7, 11) is 0. The second-order valence-corrected chi connectivity index (χ2v) is 4.52. The monoisotopic (exact) mass is 241 g/mol. The summed E-state index contributed by atoms with van der Waals surface area (Å²) in [4.78, 5) is 17.7. The summed E-state index contributed by atoms with van der Waals surface area (Å²) in [5, 5.41) is 0.309. The minimum Gasteiger partial charge on any atom is -0.377 e. The molecule has 6 heteroatoms. The van der Waals surface area contributed by atoms with Crippen LogP contribution in [0.4, 0.5) is 5.82 Å². The molecule has 1 atom stereocenters. The molecule has 1 aromatic heterocycles. The predicted octanol–water partition coefficient (Wildman–Crippen LogP) is 0.424. The Kier molecular flexibility index (Phi) is 2.19. The average molecular weight is 242 g/mol. The molecule has 0 aromatic carbocycles. The van der Waals surface area contributed by atoms with Crippen LogP contribution in [0.3, 0.4) is 0 Å². The number of nitrogens with zero attached hydrogens (tertiary/aromatic N) is 3. The summed E-state index contributed by atoms with van der Waals surface area (Å²) in [5.74, 6) is 0.915. The molecule has 3 heterocycles. The van der Waals surface area contributed by atoms with Crippen LogP contribution >= 0.6 is 11.6 Å². The molecule has 86 valence electrons. The van der Waals surface area contributed by atoms with E-state index in [0.717, 1.165) is 17.9 Å². The molecule has 1 saturated heterocycles. The number of hydrogen-bond acceptors (Lipinski definition) is 4. The van der Waals surface area contributed by atoms with Crippen molar-refractivity contribution >= 4 is 17.4 Å². The zero-order valence-electron chi connectivity index (χ0n) is 8.94. The lowest BCUT2D eigenvalue weighted by molar-refractivity contribution is 0.0956. The van der Waals surface area contributed by atoms with Crippen LogP contribution in [0.25, 0.3) is 0 Å². The quantitative estimate of drug-likeness (QED) is 0.618. The number of ether oxygens (including phenoxy) is 1. The van der Waals surface area contributed by atoms with E-state index in [1.54, 1.807) is 4.57 Å². The van der Waals surface area contributed by atoms with Crippen molar-refractivity contribution < 1.29 is 4.74 Å². The predicted molar refractivity (Wildman–Crippen MR) is 60.2 cm³/mol. The maximum absolute atomic E-state index is 11.7. The highest BCUT2D eigenvalue weighted by atomic mass is 35.5. The van der Waals surface area contributed by atoms with Crippen LogP contribution in [-0.4, -0.2) is 35.4 Å². The first-order chi connectivity index (χ1) is 7.68. The van der Waals surface area contributed by atoms with Gasteiger partial charge in [0.25, 0.3) is 0 Å². The minimum atomic E-state index is -0.264. The van der Waals surface area contributed by atoms with Crippen molar-refractivity contribution in [3.8, 4) is 0 Å². The van der Waals surface area contributed by atoms with Gasteiger partial charge in [-0.3, -0.25) is 4.57 Å². The number of fused-ring (bicyclic) bond motifs is 3. The smallest absolute Gasteiger partial charge is 0.350 e. The van der Waals surface area contributed by atoms with Crippen LogP contribution in [-0.2, 0) is 11.3 Å². The second-order valence-electron chi connectivity index (χ2n) is 4.17. The van der Waals surface area contributed by atoms with E-state index >= 15 is 0 Å². The molecule has 2 aliphatic heterocycles. The molecule has 0 saturated carbocycles. The summed E-state index contributed by atoms with van der Waals surface area (Å²) < 4.78 is 7.11. The summed E-state index contributed by atoms with van der Waals surface area (Å²) in [6.07, 6.45) is 0. The molecule has 3 rings (SSSR count). The lowest BCUT2D eigenvalue weighted by Crippen LogP contribution is -2.43. The molecular weight excluding hydrogens is 230 g/mol. The standard InChI is InChI=1S/C10H12ClN3O2/c1-6-8(11)12-10(15)14-4-7-5-16-3-2-13(7)9(6)14/h7H,2-5H2,1H3. The first-order valence-electron chi connectivity index (χ1n) is 5.30. The Labute approximate surface area is 97.6 Å². The summed E-state index contributed by atoms with van der Waals surface area (Å²) in [5.41, 5.74) is 0.616. The molecule has 5 nitrogen and oxygen atoms in total. The summed E-state index contributed by atoms with van der Waals surface area (Å²) in [6.45, 7) is 4.73. The molecule has 0 bridgehead atoms. The van der Waals surface area contributed by atoms with Gasteiger partial charge in [-0.2, -0.15) is 4.98 Å². The highest BCUT2D eigenvalue weighted by molar-refractivity contribution is 6.30. The fourth-order valence-corrected chi connectivity index (χ4v) is 2.60. The van der Waals surface area contributed by atoms with Gasteiger partial charge < -0.3 is 9.64 Å². The zero-order valence-corrected chi connectivity index (χ0v) is 9.70. The first-order valence-corrected chi connectivity index (χ1v) is 5.67. The van der Waals surface area contributed by atoms with Crippen molar-refractivity contribution in [1.82, 2.24) is 9.55 Å². The Morgan fingerprint density at radius 3 is 3.19 bits per heavy atom. The van der Waals surface area contributed by atoms with Gasteiger partial charge in [0.15, 0.2) is 0 Å². The van der Waals surface area contributed by atoms with E-state index in [4.69, 9.17) is 16.3 Å². The fraction of sp³-hybridized carbons (Fsp3) is 0.600. The van der Waals surface area contributed by atoms with Gasteiger partial charge in [0, 0.05) is 12.1 Å². The van der Waals surface area contributed by atoms with Gasteiger partial charge in [0.2, 0.25) is 0 Å². The highest BCUT2D eigenvalue weighted by Gasteiger charge is 2.34.